The van der Waals surface area contributed by atoms with Gasteiger partial charge in [-0.25, -0.2) is 8.42 Å². The van der Waals surface area contributed by atoms with Crippen molar-refractivity contribution < 1.29 is 13.5 Å². The summed E-state index contributed by atoms with van der Waals surface area (Å²) < 4.78 is 23.8. The van der Waals surface area contributed by atoms with Crippen molar-refractivity contribution in [2.45, 2.75) is 24.3 Å². The van der Waals surface area contributed by atoms with E-state index < -0.39 is 15.4 Å². The van der Waals surface area contributed by atoms with Gasteiger partial charge in [-0.3, -0.25) is 0 Å². The molecule has 0 saturated carbocycles. The Hall–Kier alpha value is -2.64. The summed E-state index contributed by atoms with van der Waals surface area (Å²) in [6.07, 6.45) is 2.67. The van der Waals surface area contributed by atoms with Crippen molar-refractivity contribution in [3.63, 3.8) is 0 Å². The fraction of sp³-hybridized carbons (Fsp3) is 0.160. The molecule has 3 aromatic rings. The summed E-state index contributed by atoms with van der Waals surface area (Å²) in [6, 6.07) is 19.1. The minimum absolute atomic E-state index is 0.0157. The first-order chi connectivity index (χ1) is 15.4. The van der Waals surface area contributed by atoms with Crippen LogP contribution in [0.2, 0.25) is 10.0 Å². The summed E-state index contributed by atoms with van der Waals surface area (Å²) >= 11 is 12.9. The van der Waals surface area contributed by atoms with E-state index in [1.165, 1.54) is 19.9 Å². The lowest BCUT2D eigenvalue weighted by atomic mass is 9.98. The Balaban J connectivity index is 2.07. The molecular formula is C25H24Cl2N2O3S. The molecule has 0 spiro atoms. The van der Waals surface area contributed by atoms with Gasteiger partial charge in [0.15, 0.2) is 9.84 Å². The minimum Gasteiger partial charge on any atom is -0.384 e. The number of rotatable bonds is 7. The van der Waals surface area contributed by atoms with Crippen LogP contribution in [0, 0.1) is 5.41 Å². The Labute approximate surface area is 204 Å². The highest BCUT2D eigenvalue weighted by Crippen LogP contribution is 2.33. The first kappa shape index (κ1) is 25.0. The number of para-hydroxylation sites is 1. The van der Waals surface area contributed by atoms with Crippen LogP contribution in [0.5, 0.6) is 0 Å². The molecule has 0 amide bonds. The molecule has 3 N–H and O–H groups in total. The van der Waals surface area contributed by atoms with E-state index in [-0.39, 0.29) is 10.6 Å². The molecule has 3 rings (SSSR count). The smallest absolute Gasteiger partial charge is 0.175 e. The van der Waals surface area contributed by atoms with E-state index >= 15 is 0 Å². The van der Waals surface area contributed by atoms with Crippen molar-refractivity contribution in [3.05, 3.63) is 88.4 Å². The maximum absolute atomic E-state index is 11.9. The van der Waals surface area contributed by atoms with Gasteiger partial charge in [0.1, 0.15) is 5.60 Å². The monoisotopic (exact) mass is 502 g/mol. The third-order valence-electron chi connectivity index (χ3n) is 4.95. The van der Waals surface area contributed by atoms with E-state index in [4.69, 9.17) is 28.6 Å². The Kier molecular flexibility index (Phi) is 7.34. The van der Waals surface area contributed by atoms with E-state index in [0.29, 0.717) is 32.6 Å². The number of sulfone groups is 1. The van der Waals surface area contributed by atoms with Crippen LogP contribution >= 0.6 is 23.2 Å². The van der Waals surface area contributed by atoms with E-state index in [0.717, 1.165) is 11.8 Å². The molecule has 0 aliphatic carbocycles. The summed E-state index contributed by atoms with van der Waals surface area (Å²) in [7, 11) is -3.34. The van der Waals surface area contributed by atoms with Crippen molar-refractivity contribution in [1.29, 1.82) is 5.41 Å². The molecular weight excluding hydrogens is 479 g/mol. The van der Waals surface area contributed by atoms with Crippen molar-refractivity contribution >= 4 is 50.1 Å². The van der Waals surface area contributed by atoms with Crippen LogP contribution in [-0.4, -0.2) is 31.1 Å². The van der Waals surface area contributed by atoms with Crippen LogP contribution in [0.15, 0.2) is 77.7 Å². The van der Waals surface area contributed by atoms with E-state index in [9.17, 15) is 13.5 Å². The molecule has 0 unspecified atom stereocenters. The fourth-order valence-corrected chi connectivity index (χ4v) is 4.16. The zero-order chi connectivity index (χ0) is 24.4. The summed E-state index contributed by atoms with van der Waals surface area (Å²) in [6.45, 7) is 3.05. The van der Waals surface area contributed by atoms with Gasteiger partial charge in [0.2, 0.25) is 0 Å². The summed E-state index contributed by atoms with van der Waals surface area (Å²) in [4.78, 5) is 0.222. The zero-order valence-electron chi connectivity index (χ0n) is 18.4. The third-order valence-corrected chi connectivity index (χ3v) is 6.70. The summed E-state index contributed by atoms with van der Waals surface area (Å²) in [5.74, 6) is 0. The number of hydrogen-bond acceptors (Lipinski definition) is 5. The SMILES string of the molecule is CC(C)(O)C(=N)/C=C(\Nc1ccccc1Cl)c1ccc(-c2cccc(S(C)(=O)=O)c2)cc1Cl. The van der Waals surface area contributed by atoms with Gasteiger partial charge < -0.3 is 15.8 Å². The third kappa shape index (κ3) is 6.24. The van der Waals surface area contributed by atoms with Gasteiger partial charge in [-0.05, 0) is 61.4 Å². The van der Waals surface area contributed by atoms with E-state index in [2.05, 4.69) is 5.32 Å². The molecule has 5 nitrogen and oxygen atoms in total. The highest BCUT2D eigenvalue weighted by atomic mass is 35.5. The fourth-order valence-electron chi connectivity index (χ4n) is 3.03. The van der Waals surface area contributed by atoms with Crippen LogP contribution in [0.1, 0.15) is 19.4 Å². The van der Waals surface area contributed by atoms with Gasteiger partial charge >= 0.3 is 0 Å². The van der Waals surface area contributed by atoms with Crippen molar-refractivity contribution in [1.82, 2.24) is 0 Å². The highest BCUT2D eigenvalue weighted by Gasteiger charge is 2.20. The molecule has 0 radical (unpaired) electrons. The predicted molar refractivity (Wildman–Crippen MR) is 137 cm³/mol. The van der Waals surface area contributed by atoms with Crippen LogP contribution < -0.4 is 5.32 Å². The lowest BCUT2D eigenvalue weighted by Gasteiger charge is -2.20. The average molecular weight is 503 g/mol. The number of anilines is 1. The van der Waals surface area contributed by atoms with E-state index in [1.54, 1.807) is 42.5 Å². The molecule has 0 aliphatic heterocycles. The van der Waals surface area contributed by atoms with Gasteiger partial charge in [-0.2, -0.15) is 0 Å². The molecule has 0 aromatic heterocycles. The second-order valence-electron chi connectivity index (χ2n) is 8.13. The van der Waals surface area contributed by atoms with Gasteiger partial charge in [0.25, 0.3) is 0 Å². The Bertz CT molecular complexity index is 1340. The molecule has 172 valence electrons. The highest BCUT2D eigenvalue weighted by molar-refractivity contribution is 7.90. The van der Waals surface area contributed by atoms with Crippen molar-refractivity contribution in [3.8, 4) is 11.1 Å². The number of aliphatic hydroxyl groups is 1. The molecule has 0 saturated heterocycles. The average Bonchev–Trinajstić information content (AvgIpc) is 2.73. The Morgan fingerprint density at radius 2 is 1.64 bits per heavy atom. The lowest BCUT2D eigenvalue weighted by Crippen LogP contribution is -2.29. The molecule has 0 fully saturated rings. The first-order valence-electron chi connectivity index (χ1n) is 10.0. The quantitative estimate of drug-likeness (QED) is 0.330. The van der Waals surface area contributed by atoms with Gasteiger partial charge in [-0.15, -0.1) is 0 Å². The molecule has 0 heterocycles. The number of benzene rings is 3. The normalized spacial score (nSPS) is 12.5. The lowest BCUT2D eigenvalue weighted by molar-refractivity contribution is 0.154. The second-order valence-corrected chi connectivity index (χ2v) is 11.0. The van der Waals surface area contributed by atoms with Gasteiger partial charge in [-0.1, -0.05) is 59.6 Å². The number of hydrogen-bond donors (Lipinski definition) is 3. The Morgan fingerprint density at radius 3 is 2.24 bits per heavy atom. The molecule has 3 aromatic carbocycles. The molecule has 8 heteroatoms. The topological polar surface area (TPSA) is 90.2 Å². The van der Waals surface area contributed by atoms with Gasteiger partial charge in [0, 0.05) is 17.5 Å². The van der Waals surface area contributed by atoms with Crippen LogP contribution in [-0.2, 0) is 9.84 Å². The van der Waals surface area contributed by atoms with Crippen LogP contribution in [0.3, 0.4) is 0 Å². The van der Waals surface area contributed by atoms with Crippen molar-refractivity contribution in [2.75, 3.05) is 11.6 Å². The van der Waals surface area contributed by atoms with Crippen LogP contribution in [0.4, 0.5) is 5.69 Å². The molecule has 33 heavy (non-hydrogen) atoms. The molecule has 0 aliphatic rings. The Morgan fingerprint density at radius 1 is 0.970 bits per heavy atom. The van der Waals surface area contributed by atoms with Gasteiger partial charge in [0.05, 0.1) is 26.3 Å². The second kappa shape index (κ2) is 9.69. The predicted octanol–water partition coefficient (Wildman–Crippen LogP) is 6.31. The number of nitrogens with one attached hydrogen (secondary N) is 2. The minimum atomic E-state index is -3.34. The largest absolute Gasteiger partial charge is 0.384 e. The van der Waals surface area contributed by atoms with Crippen LogP contribution in [0.25, 0.3) is 16.8 Å². The standard InChI is InChI=1S/C25H24Cl2N2O3S/c1-25(2,30)24(28)15-23(29-22-10-5-4-9-20(22)26)19-12-11-17(14-21(19)27)16-7-6-8-18(13-16)33(3,31)32/h4-15,28-30H,1-3H3/b23-15-,28-24?. The van der Waals surface area contributed by atoms with Crippen molar-refractivity contribution in [2.24, 2.45) is 0 Å². The maximum atomic E-state index is 11.9. The summed E-state index contributed by atoms with van der Waals surface area (Å²) in [5, 5.41) is 22.6. The molecule has 0 atom stereocenters. The maximum Gasteiger partial charge on any atom is 0.175 e. The summed E-state index contributed by atoms with van der Waals surface area (Å²) in [5.41, 5.74) is 1.77. The first-order valence-corrected chi connectivity index (χ1v) is 12.7. The zero-order valence-corrected chi connectivity index (χ0v) is 20.7. The molecule has 0 bridgehead atoms. The number of halogens is 2. The van der Waals surface area contributed by atoms with E-state index in [1.807, 2.05) is 24.3 Å².